The van der Waals surface area contributed by atoms with Crippen LogP contribution in [-0.2, 0) is 25.5 Å². The molecule has 2 atom stereocenters. The zero-order valence-corrected chi connectivity index (χ0v) is 25.7. The molecule has 0 spiro atoms. The zero-order chi connectivity index (χ0) is 32.1. The predicted molar refractivity (Wildman–Crippen MR) is 169 cm³/mol. The van der Waals surface area contributed by atoms with Gasteiger partial charge in [0, 0.05) is 24.6 Å². The molecular formula is C36H34O9. The van der Waals surface area contributed by atoms with Crippen molar-refractivity contribution in [3.05, 3.63) is 112 Å². The summed E-state index contributed by atoms with van der Waals surface area (Å²) in [7, 11) is 3.15. The van der Waals surface area contributed by atoms with E-state index in [1.807, 2.05) is 6.92 Å². The van der Waals surface area contributed by atoms with Gasteiger partial charge in [-0.1, -0.05) is 31.2 Å². The van der Waals surface area contributed by atoms with E-state index in [9.17, 15) is 14.4 Å². The summed E-state index contributed by atoms with van der Waals surface area (Å²) in [5.41, 5.74) is 0.625. The molecule has 0 amide bonds. The maximum atomic E-state index is 13.3. The van der Waals surface area contributed by atoms with Crippen LogP contribution in [0.1, 0.15) is 49.3 Å². The third-order valence-corrected chi connectivity index (χ3v) is 7.45. The van der Waals surface area contributed by atoms with Gasteiger partial charge >= 0.3 is 11.9 Å². The smallest absolute Gasteiger partial charge is 0.331 e. The summed E-state index contributed by atoms with van der Waals surface area (Å²) in [5.74, 6) is 0.793. The van der Waals surface area contributed by atoms with Crippen LogP contribution in [0.3, 0.4) is 0 Å². The number of fused-ring (bicyclic) bond motifs is 3. The first-order valence-corrected chi connectivity index (χ1v) is 14.5. The molecule has 0 fully saturated rings. The first-order chi connectivity index (χ1) is 21.6. The van der Waals surface area contributed by atoms with E-state index in [4.69, 9.17) is 28.1 Å². The van der Waals surface area contributed by atoms with E-state index in [0.29, 0.717) is 35.0 Å². The molecule has 0 saturated heterocycles. The minimum Gasteiger partial charge on any atom is -0.497 e. The Kier molecular flexibility index (Phi) is 9.08. The second kappa shape index (κ2) is 13.1. The summed E-state index contributed by atoms with van der Waals surface area (Å²) in [6.07, 6.45) is 3.95. The third-order valence-electron chi connectivity index (χ3n) is 7.45. The average Bonchev–Trinajstić information content (AvgIpc) is 3.04. The van der Waals surface area contributed by atoms with Gasteiger partial charge in [-0.25, -0.2) is 9.59 Å². The van der Waals surface area contributed by atoms with E-state index in [1.165, 1.54) is 18.2 Å². The fourth-order valence-electron chi connectivity index (χ4n) is 5.07. The Hall–Kier alpha value is -5.31. The van der Waals surface area contributed by atoms with Gasteiger partial charge in [0.05, 0.1) is 25.2 Å². The normalized spacial score (nSPS) is 17.1. The number of hydrogen-bond donors (Lipinski definition) is 0. The molecule has 0 radical (unpaired) electrons. The predicted octanol–water partition coefficient (Wildman–Crippen LogP) is 6.47. The maximum absolute atomic E-state index is 13.3. The molecule has 0 saturated carbocycles. The van der Waals surface area contributed by atoms with Crippen molar-refractivity contribution in [2.75, 3.05) is 14.2 Å². The highest BCUT2D eigenvalue weighted by Crippen LogP contribution is 2.46. The summed E-state index contributed by atoms with van der Waals surface area (Å²) in [4.78, 5) is 39.5. The monoisotopic (exact) mass is 610 g/mol. The molecule has 5 rings (SSSR count). The molecule has 0 unspecified atom stereocenters. The Bertz CT molecular complexity index is 1810. The van der Waals surface area contributed by atoms with E-state index in [-0.39, 0.29) is 16.4 Å². The fourth-order valence-corrected chi connectivity index (χ4v) is 5.07. The molecule has 0 N–H and O–H groups in total. The van der Waals surface area contributed by atoms with Crippen molar-refractivity contribution < 1.29 is 37.7 Å². The number of methoxy groups -OCH3 is 2. The SMILES string of the molecule is CCc1cc(=O)c2ccc3c(c2o1)[C@@H](OC(=O)/C=C/c1ccc(OC)cc1)[C@@H](OC(=O)/C=C/c1ccc(OC)cc1)C(C)(C)O3. The first kappa shape index (κ1) is 31.1. The Morgan fingerprint density at radius 2 is 1.38 bits per heavy atom. The molecule has 2 heterocycles. The lowest BCUT2D eigenvalue weighted by Gasteiger charge is -2.43. The molecule has 45 heavy (non-hydrogen) atoms. The fraction of sp³-hybridized carbons (Fsp3) is 0.250. The van der Waals surface area contributed by atoms with Gasteiger partial charge in [0.25, 0.3) is 0 Å². The van der Waals surface area contributed by atoms with Crippen molar-refractivity contribution in [3.8, 4) is 17.2 Å². The topological polar surface area (TPSA) is 110 Å². The van der Waals surface area contributed by atoms with Crippen LogP contribution in [0.15, 0.2) is 88.1 Å². The molecule has 4 aromatic rings. The van der Waals surface area contributed by atoms with Crippen LogP contribution in [0.4, 0.5) is 0 Å². The number of carbonyl (C=O) groups is 2. The molecule has 9 heteroatoms. The van der Waals surface area contributed by atoms with Gasteiger partial charge in [0.2, 0.25) is 0 Å². The number of hydrogen-bond acceptors (Lipinski definition) is 9. The van der Waals surface area contributed by atoms with Crippen LogP contribution in [0.25, 0.3) is 23.1 Å². The van der Waals surface area contributed by atoms with Crippen molar-refractivity contribution in [2.45, 2.75) is 45.0 Å². The average molecular weight is 611 g/mol. The number of rotatable bonds is 9. The van der Waals surface area contributed by atoms with Crippen molar-refractivity contribution in [3.63, 3.8) is 0 Å². The van der Waals surface area contributed by atoms with Gasteiger partial charge in [0.1, 0.15) is 34.2 Å². The van der Waals surface area contributed by atoms with Crippen LogP contribution in [0.5, 0.6) is 17.2 Å². The summed E-state index contributed by atoms with van der Waals surface area (Å²) >= 11 is 0. The lowest BCUT2D eigenvalue weighted by Crippen LogP contribution is -2.52. The second-order valence-electron chi connectivity index (χ2n) is 10.9. The van der Waals surface area contributed by atoms with Crippen LogP contribution >= 0.6 is 0 Å². The molecule has 1 aliphatic heterocycles. The first-order valence-electron chi connectivity index (χ1n) is 14.5. The van der Waals surface area contributed by atoms with E-state index in [2.05, 4.69) is 0 Å². The number of ether oxygens (including phenoxy) is 5. The Morgan fingerprint density at radius 1 is 0.822 bits per heavy atom. The minimum absolute atomic E-state index is 0.208. The van der Waals surface area contributed by atoms with Crippen LogP contribution in [-0.4, -0.2) is 37.9 Å². The number of aryl methyl sites for hydroxylation is 1. The second-order valence-corrected chi connectivity index (χ2v) is 10.9. The Balaban J connectivity index is 1.52. The van der Waals surface area contributed by atoms with Gasteiger partial charge in [0.15, 0.2) is 17.6 Å². The van der Waals surface area contributed by atoms with Crippen LogP contribution in [0, 0.1) is 0 Å². The quantitative estimate of drug-likeness (QED) is 0.156. The summed E-state index contributed by atoms with van der Waals surface area (Å²) < 4.78 is 34.8. The molecule has 1 aromatic heterocycles. The molecule has 9 nitrogen and oxygen atoms in total. The van der Waals surface area contributed by atoms with E-state index in [0.717, 1.165) is 11.1 Å². The zero-order valence-electron chi connectivity index (χ0n) is 25.7. The van der Waals surface area contributed by atoms with Crippen molar-refractivity contribution in [1.29, 1.82) is 0 Å². The van der Waals surface area contributed by atoms with E-state index >= 15 is 0 Å². The van der Waals surface area contributed by atoms with E-state index < -0.39 is 29.7 Å². The minimum atomic E-state index is -1.17. The highest BCUT2D eigenvalue weighted by atomic mass is 16.6. The highest BCUT2D eigenvalue weighted by Gasteiger charge is 2.50. The molecule has 3 aromatic carbocycles. The molecule has 1 aliphatic rings. The third kappa shape index (κ3) is 6.93. The summed E-state index contributed by atoms with van der Waals surface area (Å²) in [5, 5.41) is 0.286. The number of esters is 2. The molecular weight excluding hydrogens is 576 g/mol. The van der Waals surface area contributed by atoms with Gasteiger partial charge in [-0.05, 0) is 73.5 Å². The lowest BCUT2D eigenvalue weighted by molar-refractivity contribution is -0.184. The highest BCUT2D eigenvalue weighted by molar-refractivity contribution is 5.89. The maximum Gasteiger partial charge on any atom is 0.331 e. The number of carbonyl (C=O) groups excluding carboxylic acids is 2. The lowest BCUT2D eigenvalue weighted by atomic mass is 9.87. The van der Waals surface area contributed by atoms with Crippen LogP contribution in [0.2, 0.25) is 0 Å². The summed E-state index contributed by atoms with van der Waals surface area (Å²) in [6, 6.07) is 19.0. The Labute approximate surface area is 260 Å². The van der Waals surface area contributed by atoms with Gasteiger partial charge < -0.3 is 28.1 Å². The standard InChI is InChI=1S/C36H34O9/c1-6-24-21-28(37)27-17-18-29-32(33(27)42-24)34(43-30(38)19-11-22-7-13-25(40-4)14-8-22)35(36(2,3)45-29)44-31(39)20-12-23-9-15-26(41-5)16-10-23/h7-21,34-35H,6H2,1-5H3/b19-11+,20-12+/t34-,35-/m1/s1. The Morgan fingerprint density at radius 3 is 1.91 bits per heavy atom. The van der Waals surface area contributed by atoms with Crippen molar-refractivity contribution in [2.24, 2.45) is 0 Å². The molecule has 0 bridgehead atoms. The molecule has 232 valence electrons. The molecule has 0 aliphatic carbocycles. The van der Waals surface area contributed by atoms with Crippen molar-refractivity contribution >= 4 is 35.1 Å². The number of benzene rings is 3. The van der Waals surface area contributed by atoms with Gasteiger partial charge in [-0.3, -0.25) is 4.79 Å². The van der Waals surface area contributed by atoms with Gasteiger partial charge in [-0.2, -0.15) is 0 Å². The van der Waals surface area contributed by atoms with Gasteiger partial charge in [-0.15, -0.1) is 0 Å². The van der Waals surface area contributed by atoms with E-state index in [1.54, 1.807) is 101 Å². The largest absolute Gasteiger partial charge is 0.497 e. The van der Waals surface area contributed by atoms with Crippen molar-refractivity contribution in [1.82, 2.24) is 0 Å². The van der Waals surface area contributed by atoms with Crippen LogP contribution < -0.4 is 19.6 Å². The summed E-state index contributed by atoms with van der Waals surface area (Å²) in [6.45, 7) is 5.33.